The third-order valence-electron chi connectivity index (χ3n) is 4.49. The van der Waals surface area contributed by atoms with Crippen molar-refractivity contribution in [1.82, 2.24) is 4.31 Å². The number of hydrogen-bond donors (Lipinski definition) is 1. The summed E-state index contributed by atoms with van der Waals surface area (Å²) < 4.78 is 27.8. The van der Waals surface area contributed by atoms with Gasteiger partial charge in [-0.1, -0.05) is 70.2 Å². The lowest BCUT2D eigenvalue weighted by Gasteiger charge is -2.23. The number of halogens is 4. The van der Waals surface area contributed by atoms with Gasteiger partial charge in [-0.05, 0) is 55.0 Å². The summed E-state index contributed by atoms with van der Waals surface area (Å²) in [6.07, 6.45) is 0. The molecule has 168 valence electrons. The van der Waals surface area contributed by atoms with Crippen LogP contribution in [0.1, 0.15) is 11.1 Å². The number of aryl methyl sites for hydroxylation is 1. The topological polar surface area (TPSA) is 66.5 Å². The number of nitrogens with zero attached hydrogens (tertiary/aromatic N) is 1. The van der Waals surface area contributed by atoms with Crippen LogP contribution in [0, 0.1) is 6.92 Å². The fourth-order valence-corrected chi connectivity index (χ4v) is 5.28. The number of hydrogen-bond acceptors (Lipinski definition) is 3. The highest BCUT2D eigenvalue weighted by Gasteiger charge is 2.27. The van der Waals surface area contributed by atoms with Gasteiger partial charge in [-0.3, -0.25) is 4.79 Å². The number of carbonyl (C=O) groups excluding carboxylic acids is 1. The Kier molecular flexibility index (Phi) is 8.09. The number of anilines is 1. The molecule has 0 radical (unpaired) electrons. The lowest BCUT2D eigenvalue weighted by atomic mass is 10.2. The molecule has 0 unspecified atom stereocenters. The van der Waals surface area contributed by atoms with Gasteiger partial charge in [0.15, 0.2) is 0 Å². The van der Waals surface area contributed by atoms with E-state index in [2.05, 4.69) is 5.32 Å². The van der Waals surface area contributed by atoms with Crippen molar-refractivity contribution in [3.8, 4) is 0 Å². The van der Waals surface area contributed by atoms with Gasteiger partial charge in [-0.15, -0.1) is 0 Å². The van der Waals surface area contributed by atoms with Gasteiger partial charge in [-0.25, -0.2) is 8.42 Å². The second-order valence-electron chi connectivity index (χ2n) is 7.03. The Balaban J connectivity index is 1.92. The maximum Gasteiger partial charge on any atom is 0.243 e. The molecular weight excluding hydrogens is 514 g/mol. The number of rotatable bonds is 7. The third kappa shape index (κ3) is 6.38. The second-order valence-corrected chi connectivity index (χ2v) is 10.7. The van der Waals surface area contributed by atoms with Crippen LogP contribution in [-0.4, -0.2) is 25.2 Å². The predicted molar refractivity (Wildman–Crippen MR) is 130 cm³/mol. The maximum atomic E-state index is 13.4. The first kappa shape index (κ1) is 24.8. The first-order chi connectivity index (χ1) is 15.0. The highest BCUT2D eigenvalue weighted by atomic mass is 35.5. The highest BCUT2D eigenvalue weighted by molar-refractivity contribution is 7.89. The average molecular weight is 532 g/mol. The summed E-state index contributed by atoms with van der Waals surface area (Å²) in [5, 5.41) is 4.02. The molecule has 0 aromatic heterocycles. The molecule has 0 aliphatic carbocycles. The number of amides is 1. The molecule has 0 bridgehead atoms. The van der Waals surface area contributed by atoms with Gasteiger partial charge >= 0.3 is 0 Å². The van der Waals surface area contributed by atoms with Gasteiger partial charge in [0.2, 0.25) is 15.9 Å². The summed E-state index contributed by atoms with van der Waals surface area (Å²) in [4.78, 5) is 12.8. The van der Waals surface area contributed by atoms with E-state index in [1.807, 2.05) is 6.92 Å². The molecule has 3 rings (SSSR count). The Morgan fingerprint density at radius 2 is 1.50 bits per heavy atom. The van der Waals surface area contributed by atoms with Crippen molar-refractivity contribution in [2.45, 2.75) is 18.4 Å². The largest absolute Gasteiger partial charge is 0.325 e. The van der Waals surface area contributed by atoms with Crippen molar-refractivity contribution in [2.24, 2.45) is 0 Å². The van der Waals surface area contributed by atoms with Gasteiger partial charge in [0.1, 0.15) is 0 Å². The number of nitrogens with one attached hydrogen (secondary N) is 1. The van der Waals surface area contributed by atoms with Crippen LogP contribution in [0.2, 0.25) is 20.1 Å². The van der Waals surface area contributed by atoms with Crippen LogP contribution in [0.3, 0.4) is 0 Å². The SMILES string of the molecule is Cc1ccc(S(=O)(=O)N(CC(=O)Nc2cc(Cl)cc(Cl)c2)Cc2ccc(Cl)cc2Cl)cc1. The molecule has 0 spiro atoms. The van der Waals surface area contributed by atoms with Gasteiger partial charge in [0.05, 0.1) is 11.4 Å². The lowest BCUT2D eigenvalue weighted by molar-refractivity contribution is -0.116. The Labute approximate surface area is 206 Å². The van der Waals surface area contributed by atoms with Crippen LogP contribution in [0.4, 0.5) is 5.69 Å². The standard InChI is InChI=1S/C22H18Cl4N2O3S/c1-14-2-6-20(7-3-14)32(30,31)28(12-15-4-5-16(23)11-21(15)26)13-22(29)27-19-9-17(24)8-18(25)10-19/h2-11H,12-13H2,1H3,(H,27,29). The summed E-state index contributed by atoms with van der Waals surface area (Å²) in [6, 6.07) is 15.7. The first-order valence-corrected chi connectivity index (χ1v) is 12.3. The first-order valence-electron chi connectivity index (χ1n) is 9.31. The van der Waals surface area contributed by atoms with Crippen LogP contribution in [0.5, 0.6) is 0 Å². The zero-order chi connectivity index (χ0) is 23.5. The van der Waals surface area contributed by atoms with Crippen molar-refractivity contribution in [3.05, 3.63) is 91.9 Å². The lowest BCUT2D eigenvalue weighted by Crippen LogP contribution is -2.37. The van der Waals surface area contributed by atoms with Crippen LogP contribution in [0.15, 0.2) is 65.6 Å². The fraction of sp³-hybridized carbons (Fsp3) is 0.136. The molecule has 0 atom stereocenters. The minimum Gasteiger partial charge on any atom is -0.325 e. The Morgan fingerprint density at radius 1 is 0.875 bits per heavy atom. The smallest absolute Gasteiger partial charge is 0.243 e. The van der Waals surface area contributed by atoms with Crippen LogP contribution in [0.25, 0.3) is 0 Å². The van der Waals surface area contributed by atoms with E-state index in [4.69, 9.17) is 46.4 Å². The van der Waals surface area contributed by atoms with Gasteiger partial charge in [0.25, 0.3) is 0 Å². The minimum atomic E-state index is -4.02. The Morgan fingerprint density at radius 3 is 2.09 bits per heavy atom. The summed E-state index contributed by atoms with van der Waals surface area (Å²) in [7, 11) is -4.02. The molecule has 3 aromatic rings. The summed E-state index contributed by atoms with van der Waals surface area (Å²) in [5.74, 6) is -0.566. The van der Waals surface area contributed by atoms with E-state index in [9.17, 15) is 13.2 Å². The molecule has 0 saturated heterocycles. The van der Waals surface area contributed by atoms with E-state index >= 15 is 0 Å². The van der Waals surface area contributed by atoms with E-state index in [0.29, 0.717) is 31.3 Å². The fourth-order valence-electron chi connectivity index (χ4n) is 2.91. The number of benzene rings is 3. The van der Waals surface area contributed by atoms with Crippen LogP contribution >= 0.6 is 46.4 Å². The average Bonchev–Trinajstić information content (AvgIpc) is 2.68. The van der Waals surface area contributed by atoms with Crippen molar-refractivity contribution in [2.75, 3.05) is 11.9 Å². The Hall–Kier alpha value is -1.80. The maximum absolute atomic E-state index is 13.4. The molecule has 0 aliphatic heterocycles. The van der Waals surface area contributed by atoms with Crippen molar-refractivity contribution in [3.63, 3.8) is 0 Å². The zero-order valence-corrected chi connectivity index (χ0v) is 20.6. The molecule has 0 heterocycles. The van der Waals surface area contributed by atoms with E-state index in [0.717, 1.165) is 9.87 Å². The molecule has 1 N–H and O–H groups in total. The number of carbonyl (C=O) groups is 1. The van der Waals surface area contributed by atoms with Gasteiger partial charge in [0, 0.05) is 32.3 Å². The molecule has 1 amide bonds. The molecule has 3 aromatic carbocycles. The Bertz CT molecular complexity index is 1230. The quantitative estimate of drug-likeness (QED) is 0.381. The third-order valence-corrected chi connectivity index (χ3v) is 7.32. The minimum absolute atomic E-state index is 0.0618. The summed E-state index contributed by atoms with van der Waals surface area (Å²) in [6.45, 7) is 1.26. The molecule has 0 aliphatic rings. The summed E-state index contributed by atoms with van der Waals surface area (Å²) >= 11 is 24.2. The van der Waals surface area contributed by atoms with Crippen LogP contribution < -0.4 is 5.32 Å². The molecule has 0 saturated carbocycles. The number of sulfonamides is 1. The van der Waals surface area contributed by atoms with Gasteiger partial charge in [-0.2, -0.15) is 4.31 Å². The second kappa shape index (κ2) is 10.4. The van der Waals surface area contributed by atoms with Crippen LogP contribution in [-0.2, 0) is 21.4 Å². The van der Waals surface area contributed by atoms with E-state index in [1.54, 1.807) is 24.3 Å². The van der Waals surface area contributed by atoms with Crippen molar-refractivity contribution >= 4 is 68.0 Å². The molecule has 32 heavy (non-hydrogen) atoms. The van der Waals surface area contributed by atoms with Crippen molar-refractivity contribution < 1.29 is 13.2 Å². The normalized spacial score (nSPS) is 11.6. The summed E-state index contributed by atoms with van der Waals surface area (Å²) in [5.41, 5.74) is 1.77. The highest BCUT2D eigenvalue weighted by Crippen LogP contribution is 2.26. The van der Waals surface area contributed by atoms with E-state index in [1.165, 1.54) is 36.4 Å². The molecule has 10 heteroatoms. The van der Waals surface area contributed by atoms with Gasteiger partial charge < -0.3 is 5.32 Å². The molecule has 0 fully saturated rings. The van der Waals surface area contributed by atoms with Crippen molar-refractivity contribution in [1.29, 1.82) is 0 Å². The van der Waals surface area contributed by atoms with E-state index < -0.39 is 22.5 Å². The van der Waals surface area contributed by atoms with E-state index in [-0.39, 0.29) is 11.4 Å². The molecule has 5 nitrogen and oxygen atoms in total. The monoisotopic (exact) mass is 530 g/mol. The zero-order valence-electron chi connectivity index (χ0n) is 16.8. The predicted octanol–water partition coefficient (Wildman–Crippen LogP) is 6.44. The molecular formula is C22H18Cl4N2O3S.